The molecule has 4 rings (SSSR count). The third-order valence-electron chi connectivity index (χ3n) is 4.93. The predicted octanol–water partition coefficient (Wildman–Crippen LogP) is 3.02. The number of phenolic OH excluding ortho intramolecular Hbond substituents is 1. The number of thiazole rings is 1. The maximum absolute atomic E-state index is 12.5. The zero-order chi connectivity index (χ0) is 19.7. The minimum absolute atomic E-state index is 0.0370. The van der Waals surface area contributed by atoms with Gasteiger partial charge in [-0.2, -0.15) is 0 Å². The fraction of sp³-hybridized carbons (Fsp3) is 0.286. The van der Waals surface area contributed by atoms with Gasteiger partial charge in [-0.25, -0.2) is 4.98 Å². The Morgan fingerprint density at radius 1 is 1.29 bits per heavy atom. The van der Waals surface area contributed by atoms with Crippen molar-refractivity contribution in [2.75, 3.05) is 18.0 Å². The fourth-order valence-electron chi connectivity index (χ4n) is 3.47. The van der Waals surface area contributed by atoms with Gasteiger partial charge in [-0.05, 0) is 49.2 Å². The smallest absolute Gasteiger partial charge is 0.227 e. The Balaban J connectivity index is 1.36. The first-order chi connectivity index (χ1) is 13.5. The molecule has 1 aliphatic rings. The molecule has 0 aliphatic carbocycles. The average molecular weight is 395 g/mol. The van der Waals surface area contributed by atoms with E-state index in [4.69, 9.17) is 0 Å². The van der Waals surface area contributed by atoms with Gasteiger partial charge in [-0.15, -0.1) is 11.3 Å². The Kier molecular flexibility index (Phi) is 5.00. The lowest BCUT2D eigenvalue weighted by atomic mass is 10.1. The van der Waals surface area contributed by atoms with Gasteiger partial charge in [-0.3, -0.25) is 9.59 Å². The number of amides is 2. The van der Waals surface area contributed by atoms with Crippen molar-refractivity contribution in [3.05, 3.63) is 53.0 Å². The quantitative estimate of drug-likeness (QED) is 0.696. The van der Waals surface area contributed by atoms with Gasteiger partial charge in [-0.1, -0.05) is 12.1 Å². The first kappa shape index (κ1) is 18.4. The van der Waals surface area contributed by atoms with Crippen molar-refractivity contribution in [1.29, 1.82) is 0 Å². The van der Waals surface area contributed by atoms with Gasteiger partial charge < -0.3 is 15.3 Å². The van der Waals surface area contributed by atoms with Gasteiger partial charge in [0.25, 0.3) is 0 Å². The number of aromatic nitrogens is 1. The molecular formula is C21H21N3O3S. The zero-order valence-electron chi connectivity index (χ0n) is 15.5. The van der Waals surface area contributed by atoms with E-state index in [-0.39, 0.29) is 29.9 Å². The lowest BCUT2D eigenvalue weighted by Crippen LogP contribution is -2.34. The average Bonchev–Trinajstić information content (AvgIpc) is 3.24. The number of anilines is 1. The number of carbonyl (C=O) groups is 2. The SMILES string of the molecule is Cc1nc2cc(N3CC(C(=O)NCCc4ccc(O)cc4)CC3=O)ccc2s1. The number of nitrogens with one attached hydrogen (secondary N) is 1. The monoisotopic (exact) mass is 395 g/mol. The van der Waals surface area contributed by atoms with E-state index in [9.17, 15) is 14.7 Å². The van der Waals surface area contributed by atoms with E-state index in [1.165, 1.54) is 0 Å². The number of hydrogen-bond acceptors (Lipinski definition) is 5. The van der Waals surface area contributed by atoms with Gasteiger partial charge in [0.1, 0.15) is 5.75 Å². The van der Waals surface area contributed by atoms with E-state index < -0.39 is 0 Å². The highest BCUT2D eigenvalue weighted by molar-refractivity contribution is 7.18. The molecular weight excluding hydrogens is 374 g/mol. The summed E-state index contributed by atoms with van der Waals surface area (Å²) < 4.78 is 1.09. The third kappa shape index (κ3) is 3.84. The van der Waals surface area contributed by atoms with E-state index in [1.54, 1.807) is 28.4 Å². The van der Waals surface area contributed by atoms with E-state index in [1.807, 2.05) is 37.3 Å². The number of aryl methyl sites for hydroxylation is 1. The molecule has 2 amide bonds. The predicted molar refractivity (Wildman–Crippen MR) is 110 cm³/mol. The Morgan fingerprint density at radius 3 is 2.86 bits per heavy atom. The molecule has 1 aliphatic heterocycles. The van der Waals surface area contributed by atoms with Crippen LogP contribution in [0.2, 0.25) is 0 Å². The van der Waals surface area contributed by atoms with Crippen LogP contribution in [-0.4, -0.2) is 35.0 Å². The maximum atomic E-state index is 12.5. The number of nitrogens with zero attached hydrogens (tertiary/aromatic N) is 2. The minimum atomic E-state index is -0.347. The molecule has 2 aromatic carbocycles. The molecule has 2 heterocycles. The highest BCUT2D eigenvalue weighted by Gasteiger charge is 2.35. The lowest BCUT2D eigenvalue weighted by Gasteiger charge is -2.16. The van der Waals surface area contributed by atoms with Crippen molar-refractivity contribution in [2.45, 2.75) is 19.8 Å². The van der Waals surface area contributed by atoms with Crippen molar-refractivity contribution in [3.63, 3.8) is 0 Å². The van der Waals surface area contributed by atoms with Gasteiger partial charge in [0.2, 0.25) is 11.8 Å². The Bertz CT molecular complexity index is 1030. The molecule has 28 heavy (non-hydrogen) atoms. The van der Waals surface area contributed by atoms with Crippen molar-refractivity contribution in [3.8, 4) is 5.75 Å². The number of carbonyl (C=O) groups excluding carboxylic acids is 2. The minimum Gasteiger partial charge on any atom is -0.508 e. The second-order valence-electron chi connectivity index (χ2n) is 7.00. The second kappa shape index (κ2) is 7.59. The van der Waals surface area contributed by atoms with E-state index in [0.717, 1.165) is 26.5 Å². The summed E-state index contributed by atoms with van der Waals surface area (Å²) in [6.07, 6.45) is 0.898. The van der Waals surface area contributed by atoms with Gasteiger partial charge >= 0.3 is 0 Å². The Morgan fingerprint density at radius 2 is 2.07 bits per heavy atom. The number of benzene rings is 2. The highest BCUT2D eigenvalue weighted by atomic mass is 32.1. The summed E-state index contributed by atoms with van der Waals surface area (Å²) in [7, 11) is 0. The normalized spacial score (nSPS) is 16.7. The van der Waals surface area contributed by atoms with Gasteiger partial charge in [0, 0.05) is 25.2 Å². The second-order valence-corrected chi connectivity index (χ2v) is 8.23. The summed E-state index contributed by atoms with van der Waals surface area (Å²) in [4.78, 5) is 31.1. The number of fused-ring (bicyclic) bond motifs is 1. The molecule has 0 bridgehead atoms. The van der Waals surface area contributed by atoms with E-state index in [2.05, 4.69) is 10.3 Å². The lowest BCUT2D eigenvalue weighted by molar-refractivity contribution is -0.126. The molecule has 1 atom stereocenters. The van der Waals surface area contributed by atoms with Crippen LogP contribution < -0.4 is 10.2 Å². The van der Waals surface area contributed by atoms with Crippen LogP contribution in [0.1, 0.15) is 17.0 Å². The number of rotatable bonds is 5. The number of phenols is 1. The standard InChI is InChI=1S/C21H21N3O3S/c1-13-23-18-11-16(4-7-19(18)28-13)24-12-15(10-20(24)26)21(27)22-9-8-14-2-5-17(25)6-3-14/h2-7,11,15,25H,8-10,12H2,1H3,(H,22,27). The number of hydrogen-bond donors (Lipinski definition) is 2. The highest BCUT2D eigenvalue weighted by Crippen LogP contribution is 2.30. The molecule has 3 aromatic rings. The Labute approximate surface area is 166 Å². The summed E-state index contributed by atoms with van der Waals surface area (Å²) in [5.74, 6) is -0.256. The van der Waals surface area contributed by atoms with Gasteiger partial charge in [0.05, 0.1) is 21.1 Å². The molecule has 0 saturated carbocycles. The van der Waals surface area contributed by atoms with E-state index in [0.29, 0.717) is 19.5 Å². The molecule has 1 aromatic heterocycles. The molecule has 0 spiro atoms. The largest absolute Gasteiger partial charge is 0.508 e. The fourth-order valence-corrected chi connectivity index (χ4v) is 4.28. The molecule has 1 fully saturated rings. The van der Waals surface area contributed by atoms with Crippen molar-refractivity contribution in [2.24, 2.45) is 5.92 Å². The van der Waals surface area contributed by atoms with Crippen LogP contribution >= 0.6 is 11.3 Å². The third-order valence-corrected chi connectivity index (χ3v) is 5.89. The van der Waals surface area contributed by atoms with Crippen LogP contribution in [0, 0.1) is 12.8 Å². The van der Waals surface area contributed by atoms with Crippen LogP contribution in [0.5, 0.6) is 5.75 Å². The first-order valence-electron chi connectivity index (χ1n) is 9.23. The van der Waals surface area contributed by atoms with E-state index >= 15 is 0 Å². The first-order valence-corrected chi connectivity index (χ1v) is 10.0. The summed E-state index contributed by atoms with van der Waals surface area (Å²) in [6, 6.07) is 12.7. The summed E-state index contributed by atoms with van der Waals surface area (Å²) >= 11 is 1.63. The van der Waals surface area contributed by atoms with Crippen LogP contribution in [0.4, 0.5) is 5.69 Å². The number of aromatic hydroxyl groups is 1. The molecule has 0 radical (unpaired) electrons. The van der Waals surface area contributed by atoms with Crippen LogP contribution in [-0.2, 0) is 16.0 Å². The van der Waals surface area contributed by atoms with Crippen LogP contribution in [0.15, 0.2) is 42.5 Å². The molecule has 6 nitrogen and oxygen atoms in total. The summed E-state index contributed by atoms with van der Waals surface area (Å²) in [5.41, 5.74) is 2.71. The summed E-state index contributed by atoms with van der Waals surface area (Å²) in [6.45, 7) is 2.85. The van der Waals surface area contributed by atoms with Gasteiger partial charge in [0.15, 0.2) is 0 Å². The van der Waals surface area contributed by atoms with Crippen LogP contribution in [0.3, 0.4) is 0 Å². The van der Waals surface area contributed by atoms with Crippen molar-refractivity contribution in [1.82, 2.24) is 10.3 Å². The zero-order valence-corrected chi connectivity index (χ0v) is 16.3. The van der Waals surface area contributed by atoms with Crippen molar-refractivity contribution < 1.29 is 14.7 Å². The molecule has 1 saturated heterocycles. The van der Waals surface area contributed by atoms with Crippen molar-refractivity contribution >= 4 is 39.1 Å². The van der Waals surface area contributed by atoms with Crippen LogP contribution in [0.25, 0.3) is 10.2 Å². The maximum Gasteiger partial charge on any atom is 0.227 e. The topological polar surface area (TPSA) is 82.5 Å². The molecule has 2 N–H and O–H groups in total. The Hall–Kier alpha value is -2.93. The molecule has 7 heteroatoms. The summed E-state index contributed by atoms with van der Waals surface area (Å²) in [5, 5.41) is 13.2. The molecule has 144 valence electrons. The molecule has 1 unspecified atom stereocenters.